The maximum absolute atomic E-state index is 9.67. The number of aliphatic hydroxyl groups is 3. The highest BCUT2D eigenvalue weighted by Crippen LogP contribution is 2.42. The number of hydrogen-bond acceptors (Lipinski definition) is 5. The zero-order valence-electron chi connectivity index (χ0n) is 10.9. The molecule has 18 heavy (non-hydrogen) atoms. The van der Waals surface area contributed by atoms with Gasteiger partial charge in [0, 0.05) is 6.42 Å². The lowest BCUT2D eigenvalue weighted by molar-refractivity contribution is -0.185. The van der Waals surface area contributed by atoms with Crippen LogP contribution < -0.4 is 0 Å². The van der Waals surface area contributed by atoms with Gasteiger partial charge in [0.25, 0.3) is 0 Å². The zero-order chi connectivity index (χ0) is 13.2. The van der Waals surface area contributed by atoms with Crippen LogP contribution in [0.5, 0.6) is 0 Å². The van der Waals surface area contributed by atoms with Crippen LogP contribution in [0.4, 0.5) is 0 Å². The fourth-order valence-corrected chi connectivity index (χ4v) is 3.11. The van der Waals surface area contributed by atoms with Crippen LogP contribution in [0, 0.1) is 0 Å². The van der Waals surface area contributed by atoms with Gasteiger partial charge in [-0.3, -0.25) is 0 Å². The molecule has 2 rings (SSSR count). The van der Waals surface area contributed by atoms with Crippen LogP contribution in [0.2, 0.25) is 0 Å². The van der Waals surface area contributed by atoms with E-state index >= 15 is 0 Å². The molecule has 1 unspecified atom stereocenters. The first-order chi connectivity index (χ1) is 8.65. The third-order valence-corrected chi connectivity index (χ3v) is 4.12. The molecule has 106 valence electrons. The van der Waals surface area contributed by atoms with E-state index in [9.17, 15) is 10.2 Å². The van der Waals surface area contributed by atoms with Crippen molar-refractivity contribution in [3.05, 3.63) is 0 Å². The summed E-state index contributed by atoms with van der Waals surface area (Å²) in [6, 6.07) is 0. The van der Waals surface area contributed by atoms with Crippen LogP contribution in [0.3, 0.4) is 0 Å². The standard InChI is InChI=1S/C13H24O5/c1-2-3-9-4-5-12-13(8-15,18-9)6-11(17-12)10(16)7-14/h9-12,14-16H,2-8H2,1H3/t9-,10+,11?,12-,13+/m0/s1. The molecule has 0 aromatic heterocycles. The van der Waals surface area contributed by atoms with Crippen molar-refractivity contribution in [2.24, 2.45) is 0 Å². The third-order valence-electron chi connectivity index (χ3n) is 4.12. The second-order valence-corrected chi connectivity index (χ2v) is 5.45. The van der Waals surface area contributed by atoms with E-state index in [0.717, 1.165) is 25.7 Å². The van der Waals surface area contributed by atoms with E-state index in [1.807, 2.05) is 0 Å². The van der Waals surface area contributed by atoms with Crippen molar-refractivity contribution in [1.82, 2.24) is 0 Å². The van der Waals surface area contributed by atoms with Crippen LogP contribution >= 0.6 is 0 Å². The van der Waals surface area contributed by atoms with Gasteiger partial charge in [-0.05, 0) is 19.3 Å². The van der Waals surface area contributed by atoms with Gasteiger partial charge >= 0.3 is 0 Å². The minimum absolute atomic E-state index is 0.0907. The highest BCUT2D eigenvalue weighted by atomic mass is 16.6. The molecule has 0 spiro atoms. The smallest absolute Gasteiger partial charge is 0.120 e. The Morgan fingerprint density at radius 1 is 1.33 bits per heavy atom. The average Bonchev–Trinajstić information content (AvgIpc) is 2.77. The van der Waals surface area contributed by atoms with E-state index in [4.69, 9.17) is 14.6 Å². The van der Waals surface area contributed by atoms with Gasteiger partial charge in [0.15, 0.2) is 0 Å². The SMILES string of the molecule is CCC[C@H]1CC[C@@H]2OC([C@H](O)CO)C[C@]2(CO)O1. The van der Waals surface area contributed by atoms with E-state index in [1.54, 1.807) is 0 Å². The molecule has 5 atom stereocenters. The second kappa shape index (κ2) is 5.84. The third kappa shape index (κ3) is 2.56. The molecule has 0 aromatic carbocycles. The maximum atomic E-state index is 9.67. The quantitative estimate of drug-likeness (QED) is 0.658. The molecule has 0 aromatic rings. The summed E-state index contributed by atoms with van der Waals surface area (Å²) < 4.78 is 11.8. The van der Waals surface area contributed by atoms with Gasteiger partial charge in [0.05, 0.1) is 31.5 Å². The van der Waals surface area contributed by atoms with Crippen molar-refractivity contribution < 1.29 is 24.8 Å². The first kappa shape index (κ1) is 14.2. The van der Waals surface area contributed by atoms with Crippen molar-refractivity contribution in [3.63, 3.8) is 0 Å². The Morgan fingerprint density at radius 3 is 2.72 bits per heavy atom. The molecule has 5 heteroatoms. The fourth-order valence-electron chi connectivity index (χ4n) is 3.11. The molecule has 0 amide bonds. The zero-order valence-corrected chi connectivity index (χ0v) is 10.9. The van der Waals surface area contributed by atoms with E-state index in [-0.39, 0.29) is 25.4 Å². The van der Waals surface area contributed by atoms with E-state index in [2.05, 4.69) is 6.92 Å². The van der Waals surface area contributed by atoms with E-state index < -0.39 is 17.8 Å². The number of hydrogen-bond donors (Lipinski definition) is 3. The predicted octanol–water partition coefficient (Wildman–Crippen LogP) is 0.207. The molecular weight excluding hydrogens is 236 g/mol. The van der Waals surface area contributed by atoms with Crippen LogP contribution in [-0.4, -0.2) is 58.6 Å². The lowest BCUT2D eigenvalue weighted by Gasteiger charge is -2.40. The van der Waals surface area contributed by atoms with E-state index in [1.165, 1.54) is 0 Å². The lowest BCUT2D eigenvalue weighted by Crippen LogP contribution is -2.51. The first-order valence-corrected chi connectivity index (χ1v) is 6.88. The highest BCUT2D eigenvalue weighted by molar-refractivity contribution is 5.02. The molecule has 0 saturated carbocycles. The Hall–Kier alpha value is -0.200. The number of rotatable bonds is 5. The van der Waals surface area contributed by atoms with Crippen molar-refractivity contribution >= 4 is 0 Å². The molecule has 3 N–H and O–H groups in total. The summed E-state index contributed by atoms with van der Waals surface area (Å²) >= 11 is 0. The Kier molecular flexibility index (Phi) is 4.61. The molecule has 2 aliphatic heterocycles. The summed E-state index contributed by atoms with van der Waals surface area (Å²) in [6.07, 6.45) is 2.95. The second-order valence-electron chi connectivity index (χ2n) is 5.45. The van der Waals surface area contributed by atoms with Gasteiger partial charge < -0.3 is 24.8 Å². The van der Waals surface area contributed by atoms with Crippen molar-refractivity contribution in [3.8, 4) is 0 Å². The van der Waals surface area contributed by atoms with Gasteiger partial charge in [0.2, 0.25) is 0 Å². The molecule has 2 aliphatic rings. The van der Waals surface area contributed by atoms with Gasteiger partial charge in [-0.25, -0.2) is 0 Å². The van der Waals surface area contributed by atoms with Gasteiger partial charge in [-0.1, -0.05) is 13.3 Å². The Morgan fingerprint density at radius 2 is 2.11 bits per heavy atom. The molecule has 0 bridgehead atoms. The highest BCUT2D eigenvalue weighted by Gasteiger charge is 2.53. The Bertz CT molecular complexity index is 272. The topological polar surface area (TPSA) is 79.2 Å². The van der Waals surface area contributed by atoms with Gasteiger partial charge in [-0.2, -0.15) is 0 Å². The molecule has 2 saturated heterocycles. The van der Waals surface area contributed by atoms with Crippen molar-refractivity contribution in [1.29, 1.82) is 0 Å². The molecule has 2 heterocycles. The summed E-state index contributed by atoms with van der Waals surface area (Å²) in [5.74, 6) is 0. The van der Waals surface area contributed by atoms with Gasteiger partial charge in [0.1, 0.15) is 11.7 Å². The van der Waals surface area contributed by atoms with Crippen molar-refractivity contribution in [2.75, 3.05) is 13.2 Å². The summed E-state index contributed by atoms with van der Waals surface area (Å²) in [4.78, 5) is 0. The van der Waals surface area contributed by atoms with Crippen LogP contribution in [0.15, 0.2) is 0 Å². The number of fused-ring (bicyclic) bond motifs is 1. The predicted molar refractivity (Wildman–Crippen MR) is 65.2 cm³/mol. The lowest BCUT2D eigenvalue weighted by atomic mass is 9.86. The molecule has 0 radical (unpaired) electrons. The van der Waals surface area contributed by atoms with Crippen LogP contribution in [-0.2, 0) is 9.47 Å². The van der Waals surface area contributed by atoms with Crippen molar-refractivity contribution in [2.45, 2.75) is 69.0 Å². The van der Waals surface area contributed by atoms with Gasteiger partial charge in [-0.15, -0.1) is 0 Å². The Balaban J connectivity index is 2.05. The number of aliphatic hydroxyl groups excluding tert-OH is 3. The molecule has 5 nitrogen and oxygen atoms in total. The maximum Gasteiger partial charge on any atom is 0.120 e. The number of ether oxygens (including phenoxy) is 2. The van der Waals surface area contributed by atoms with E-state index in [0.29, 0.717) is 6.42 Å². The molecule has 2 fully saturated rings. The van der Waals surface area contributed by atoms with Crippen LogP contribution in [0.25, 0.3) is 0 Å². The molecular formula is C13H24O5. The monoisotopic (exact) mass is 260 g/mol. The minimum atomic E-state index is -0.896. The van der Waals surface area contributed by atoms with Crippen LogP contribution in [0.1, 0.15) is 39.0 Å². The normalized spacial score (nSPS) is 41.7. The summed E-state index contributed by atoms with van der Waals surface area (Å²) in [6.45, 7) is 1.70. The Labute approximate surface area is 108 Å². The molecule has 0 aliphatic carbocycles. The first-order valence-electron chi connectivity index (χ1n) is 6.88. The summed E-state index contributed by atoms with van der Waals surface area (Å²) in [5.41, 5.74) is -0.682. The fraction of sp³-hybridized carbons (Fsp3) is 1.00. The summed E-state index contributed by atoms with van der Waals surface area (Å²) in [7, 11) is 0. The minimum Gasteiger partial charge on any atom is -0.394 e. The average molecular weight is 260 g/mol. The summed E-state index contributed by atoms with van der Waals surface area (Å²) in [5, 5.41) is 28.3. The largest absolute Gasteiger partial charge is 0.394 e.